The Kier molecular flexibility index (Phi) is 6.90. The lowest BCUT2D eigenvalue weighted by Crippen LogP contribution is -2.30. The molecule has 1 aromatic carbocycles. The van der Waals surface area contributed by atoms with Crippen LogP contribution in [0.4, 0.5) is 0 Å². The van der Waals surface area contributed by atoms with Crippen LogP contribution in [0.25, 0.3) is 0 Å². The molecule has 0 radical (unpaired) electrons. The van der Waals surface area contributed by atoms with Crippen LogP contribution in [0.2, 0.25) is 0 Å². The minimum Gasteiger partial charge on any atom is -0.477 e. The summed E-state index contributed by atoms with van der Waals surface area (Å²) < 4.78 is 1.50. The van der Waals surface area contributed by atoms with Crippen molar-refractivity contribution >= 4 is 11.9 Å². The number of aliphatic hydroxyl groups excluding tert-OH is 1. The monoisotopic (exact) mass is 372 g/mol. The quantitative estimate of drug-likeness (QED) is 0.655. The van der Waals surface area contributed by atoms with Crippen molar-refractivity contribution in [3.05, 3.63) is 69.6 Å². The third-order valence-electron chi connectivity index (χ3n) is 4.06. The number of rotatable bonds is 8. The van der Waals surface area contributed by atoms with E-state index in [0.717, 1.165) is 6.07 Å². The van der Waals surface area contributed by atoms with E-state index in [9.17, 15) is 24.6 Å². The Hall–Kier alpha value is -2.93. The minimum absolute atomic E-state index is 0.102. The van der Waals surface area contributed by atoms with E-state index in [-0.39, 0.29) is 36.2 Å². The first-order valence-corrected chi connectivity index (χ1v) is 8.77. The molecule has 7 nitrogen and oxygen atoms in total. The van der Waals surface area contributed by atoms with Gasteiger partial charge in [-0.15, -0.1) is 0 Å². The molecular weight excluding hydrogens is 348 g/mol. The van der Waals surface area contributed by atoms with Gasteiger partial charge in [-0.1, -0.05) is 44.2 Å². The predicted molar refractivity (Wildman–Crippen MR) is 101 cm³/mol. The molecule has 144 valence electrons. The Labute approximate surface area is 157 Å². The number of hydrogen-bond donors (Lipinski definition) is 3. The highest BCUT2D eigenvalue weighted by molar-refractivity contribution is 5.87. The van der Waals surface area contributed by atoms with Crippen LogP contribution in [-0.4, -0.2) is 33.2 Å². The average Bonchev–Trinajstić information content (AvgIpc) is 2.61. The maximum Gasteiger partial charge on any atom is 0.341 e. The maximum absolute atomic E-state index is 12.1. The van der Waals surface area contributed by atoms with E-state index < -0.39 is 17.5 Å². The van der Waals surface area contributed by atoms with Crippen LogP contribution in [-0.2, 0) is 11.3 Å². The van der Waals surface area contributed by atoms with Gasteiger partial charge < -0.3 is 20.1 Å². The predicted octanol–water partition coefficient (Wildman–Crippen LogP) is 1.79. The molecule has 0 aliphatic rings. The van der Waals surface area contributed by atoms with Gasteiger partial charge in [0.25, 0.3) is 0 Å². The normalized spacial score (nSPS) is 12.0. The molecule has 7 heteroatoms. The second kappa shape index (κ2) is 9.14. The summed E-state index contributed by atoms with van der Waals surface area (Å²) in [7, 11) is 0. The molecule has 1 amide bonds. The van der Waals surface area contributed by atoms with Crippen LogP contribution >= 0.6 is 0 Å². The Morgan fingerprint density at radius 2 is 1.85 bits per heavy atom. The van der Waals surface area contributed by atoms with Crippen molar-refractivity contribution < 1.29 is 19.8 Å². The molecule has 1 heterocycles. The lowest BCUT2D eigenvalue weighted by Gasteiger charge is -2.19. The topological polar surface area (TPSA) is 109 Å². The van der Waals surface area contributed by atoms with Gasteiger partial charge in [0.05, 0.1) is 5.69 Å². The van der Waals surface area contributed by atoms with Crippen LogP contribution in [0, 0.1) is 5.92 Å². The molecule has 0 spiro atoms. The van der Waals surface area contributed by atoms with Crippen LogP contribution in [0.3, 0.4) is 0 Å². The third-order valence-corrected chi connectivity index (χ3v) is 4.06. The van der Waals surface area contributed by atoms with Crippen LogP contribution in [0.5, 0.6) is 0 Å². The lowest BCUT2D eigenvalue weighted by atomic mass is 10.0. The molecular formula is C20H24N2O5. The van der Waals surface area contributed by atoms with E-state index in [2.05, 4.69) is 5.32 Å². The van der Waals surface area contributed by atoms with E-state index >= 15 is 0 Å². The second-order valence-electron chi connectivity index (χ2n) is 6.74. The summed E-state index contributed by atoms with van der Waals surface area (Å²) in [6.07, 6.45) is 0.512. The Balaban J connectivity index is 2.29. The zero-order chi connectivity index (χ0) is 20.0. The van der Waals surface area contributed by atoms with Gasteiger partial charge in [0.2, 0.25) is 5.91 Å². The SMILES string of the molecule is CC(C)CC(=O)NCCn1cc(C(=O)O)c(=O)cc1[C@@H](O)c1ccccc1. The number of benzene rings is 1. The molecule has 2 rings (SSSR count). The molecule has 0 unspecified atom stereocenters. The fourth-order valence-corrected chi connectivity index (χ4v) is 2.74. The fraction of sp³-hybridized carbons (Fsp3) is 0.350. The van der Waals surface area contributed by atoms with Crippen LogP contribution < -0.4 is 10.7 Å². The van der Waals surface area contributed by atoms with E-state index in [1.807, 2.05) is 13.8 Å². The summed E-state index contributed by atoms with van der Waals surface area (Å²) in [5.74, 6) is -1.21. The molecule has 2 aromatic rings. The van der Waals surface area contributed by atoms with Gasteiger partial charge in [-0.05, 0) is 11.5 Å². The van der Waals surface area contributed by atoms with Gasteiger partial charge in [0.1, 0.15) is 11.7 Å². The first-order chi connectivity index (χ1) is 12.8. The number of carboxylic acids is 1. The first-order valence-electron chi connectivity index (χ1n) is 8.77. The number of nitrogens with zero attached hydrogens (tertiary/aromatic N) is 1. The number of carbonyl (C=O) groups is 2. The van der Waals surface area contributed by atoms with Crippen LogP contribution in [0.1, 0.15) is 48.0 Å². The van der Waals surface area contributed by atoms with Gasteiger partial charge in [-0.3, -0.25) is 9.59 Å². The Bertz CT molecular complexity index is 858. The van der Waals surface area contributed by atoms with Crippen molar-refractivity contribution in [1.29, 1.82) is 0 Å². The molecule has 27 heavy (non-hydrogen) atoms. The van der Waals surface area contributed by atoms with Crippen molar-refractivity contribution in [2.24, 2.45) is 5.92 Å². The number of carboxylic acid groups (broad SMARTS) is 1. The van der Waals surface area contributed by atoms with Crippen LogP contribution in [0.15, 0.2) is 47.4 Å². The zero-order valence-electron chi connectivity index (χ0n) is 15.4. The van der Waals surface area contributed by atoms with E-state index in [1.54, 1.807) is 30.3 Å². The Morgan fingerprint density at radius 1 is 1.19 bits per heavy atom. The first kappa shape index (κ1) is 20.4. The van der Waals surface area contributed by atoms with Gasteiger partial charge >= 0.3 is 5.97 Å². The summed E-state index contributed by atoms with van der Waals surface area (Å²) in [6.45, 7) is 4.36. The summed E-state index contributed by atoms with van der Waals surface area (Å²) in [5, 5.41) is 22.6. The lowest BCUT2D eigenvalue weighted by molar-refractivity contribution is -0.121. The van der Waals surface area contributed by atoms with Crippen molar-refractivity contribution in [3.63, 3.8) is 0 Å². The highest BCUT2D eigenvalue weighted by Crippen LogP contribution is 2.21. The molecule has 0 fully saturated rings. The smallest absolute Gasteiger partial charge is 0.341 e. The van der Waals surface area contributed by atoms with E-state index in [4.69, 9.17) is 0 Å². The number of carbonyl (C=O) groups excluding carboxylic acids is 1. The molecule has 0 aliphatic heterocycles. The van der Waals surface area contributed by atoms with Crippen molar-refractivity contribution in [2.45, 2.75) is 32.9 Å². The molecule has 0 bridgehead atoms. The summed E-state index contributed by atoms with van der Waals surface area (Å²) in [5.41, 5.74) is -0.202. The number of nitrogens with one attached hydrogen (secondary N) is 1. The number of hydrogen-bond acceptors (Lipinski definition) is 4. The van der Waals surface area contributed by atoms with Crippen molar-refractivity contribution in [2.75, 3.05) is 6.54 Å². The molecule has 3 N–H and O–H groups in total. The minimum atomic E-state index is -1.33. The van der Waals surface area contributed by atoms with Crippen molar-refractivity contribution in [1.82, 2.24) is 9.88 Å². The molecule has 1 aromatic heterocycles. The van der Waals surface area contributed by atoms with Gasteiger partial charge in [0.15, 0.2) is 5.43 Å². The summed E-state index contributed by atoms with van der Waals surface area (Å²) >= 11 is 0. The highest BCUT2D eigenvalue weighted by atomic mass is 16.4. The number of amides is 1. The summed E-state index contributed by atoms with van der Waals surface area (Å²) in [4.78, 5) is 35.2. The van der Waals surface area contributed by atoms with Crippen molar-refractivity contribution in [3.8, 4) is 0 Å². The third kappa shape index (κ3) is 5.52. The number of aromatic nitrogens is 1. The maximum atomic E-state index is 12.1. The standard InChI is InChI=1S/C20H24N2O5/c1-13(2)10-18(24)21-8-9-22-12-15(20(26)27)17(23)11-16(22)19(25)14-6-4-3-5-7-14/h3-7,11-13,19,25H,8-10H2,1-2H3,(H,21,24)(H,26,27)/t19-/m0/s1. The van der Waals surface area contributed by atoms with Gasteiger partial charge in [-0.25, -0.2) is 4.79 Å². The summed E-state index contributed by atoms with van der Waals surface area (Å²) in [6, 6.07) is 9.90. The molecule has 0 saturated heterocycles. The van der Waals surface area contributed by atoms with E-state index in [1.165, 1.54) is 10.8 Å². The van der Waals surface area contributed by atoms with E-state index in [0.29, 0.717) is 12.0 Å². The largest absolute Gasteiger partial charge is 0.477 e. The second-order valence-corrected chi connectivity index (χ2v) is 6.74. The Morgan fingerprint density at radius 3 is 2.44 bits per heavy atom. The zero-order valence-corrected chi connectivity index (χ0v) is 15.4. The number of pyridine rings is 1. The molecule has 0 aliphatic carbocycles. The highest BCUT2D eigenvalue weighted by Gasteiger charge is 2.19. The molecule has 0 saturated carbocycles. The molecule has 1 atom stereocenters. The average molecular weight is 372 g/mol. The number of aromatic carboxylic acids is 1. The van der Waals surface area contributed by atoms with Gasteiger partial charge in [0, 0.05) is 31.8 Å². The number of aliphatic hydroxyl groups is 1. The van der Waals surface area contributed by atoms with Gasteiger partial charge in [-0.2, -0.15) is 0 Å². The fourth-order valence-electron chi connectivity index (χ4n) is 2.74.